The number of anilines is 1. The molecule has 2 amide bonds. The number of alkyl halides is 3. The number of halogens is 3. The van der Waals surface area contributed by atoms with Crippen molar-refractivity contribution in [2.24, 2.45) is 0 Å². The third kappa shape index (κ3) is 4.92. The zero-order valence-electron chi connectivity index (χ0n) is 19.3. The number of carbonyl (C=O) groups is 2. The minimum absolute atomic E-state index is 0.0862. The van der Waals surface area contributed by atoms with Crippen molar-refractivity contribution in [3.05, 3.63) is 77.0 Å². The van der Waals surface area contributed by atoms with Gasteiger partial charge in [0.15, 0.2) is 0 Å². The maximum absolute atomic E-state index is 13.3. The summed E-state index contributed by atoms with van der Waals surface area (Å²) in [6.07, 6.45) is -0.773. The molecule has 2 aliphatic rings. The molecule has 9 heteroatoms. The van der Waals surface area contributed by atoms with Crippen LogP contribution in [0.25, 0.3) is 23.0 Å². The number of para-hydroxylation sites is 1. The van der Waals surface area contributed by atoms with Gasteiger partial charge >= 0.3 is 6.18 Å². The second kappa shape index (κ2) is 9.66. The molecule has 2 aliphatic heterocycles. The fourth-order valence-corrected chi connectivity index (χ4v) is 4.57. The van der Waals surface area contributed by atoms with E-state index in [0.717, 1.165) is 25.7 Å². The first kappa shape index (κ1) is 23.9. The van der Waals surface area contributed by atoms with Gasteiger partial charge in [0.25, 0.3) is 11.8 Å². The first-order chi connectivity index (χ1) is 17.3. The van der Waals surface area contributed by atoms with Gasteiger partial charge in [-0.1, -0.05) is 24.3 Å². The van der Waals surface area contributed by atoms with Crippen LogP contribution in [0.1, 0.15) is 40.1 Å². The molecule has 6 nitrogen and oxygen atoms in total. The smallest absolute Gasteiger partial charge is 0.418 e. The van der Waals surface area contributed by atoms with Crippen molar-refractivity contribution in [1.82, 2.24) is 10.2 Å². The van der Waals surface area contributed by atoms with Crippen LogP contribution in [0.4, 0.5) is 18.9 Å². The van der Waals surface area contributed by atoms with Crippen LogP contribution in [0.15, 0.2) is 59.0 Å². The summed E-state index contributed by atoms with van der Waals surface area (Å²) >= 11 is 0. The van der Waals surface area contributed by atoms with Crippen molar-refractivity contribution in [2.75, 3.05) is 31.5 Å². The van der Waals surface area contributed by atoms with Gasteiger partial charge in [-0.3, -0.25) is 9.59 Å². The van der Waals surface area contributed by atoms with Crippen molar-refractivity contribution < 1.29 is 27.2 Å². The van der Waals surface area contributed by atoms with Crippen molar-refractivity contribution in [3.63, 3.8) is 0 Å². The van der Waals surface area contributed by atoms with E-state index in [1.54, 1.807) is 36.4 Å². The van der Waals surface area contributed by atoms with E-state index in [0.29, 0.717) is 29.2 Å². The average Bonchev–Trinajstić information content (AvgIpc) is 3.60. The topological polar surface area (TPSA) is 74.6 Å². The van der Waals surface area contributed by atoms with Gasteiger partial charge in [-0.2, -0.15) is 13.2 Å². The number of nitrogens with one attached hydrogen (secondary N) is 2. The summed E-state index contributed by atoms with van der Waals surface area (Å²) in [6.45, 7) is 3.53. The highest BCUT2D eigenvalue weighted by Crippen LogP contribution is 2.42. The standard InChI is InChI=1S/C27H24F3N3O3/c28-27(29,30)22-8-4-7-20-21(26(35)32-24(20)22)16-19-9-10-23(36-19)17-5-3-6-18(15-17)25(34)31-11-14-33-12-1-2-13-33/h3-10,15-16H,1-2,11-14H2,(H,31,34)(H,32,35)/b21-16+. The van der Waals surface area contributed by atoms with Gasteiger partial charge in [0.2, 0.25) is 0 Å². The lowest BCUT2D eigenvalue weighted by Crippen LogP contribution is -2.33. The highest BCUT2D eigenvalue weighted by atomic mass is 19.4. The predicted molar refractivity (Wildman–Crippen MR) is 130 cm³/mol. The second-order valence-corrected chi connectivity index (χ2v) is 8.83. The van der Waals surface area contributed by atoms with Crippen LogP contribution in [0.3, 0.4) is 0 Å². The number of hydrogen-bond acceptors (Lipinski definition) is 4. The molecule has 0 atom stereocenters. The van der Waals surface area contributed by atoms with Crippen molar-refractivity contribution in [1.29, 1.82) is 0 Å². The largest absolute Gasteiger partial charge is 0.457 e. The number of furan rings is 1. The Bertz CT molecular complexity index is 1340. The third-order valence-electron chi connectivity index (χ3n) is 6.38. The molecule has 1 aromatic heterocycles. The van der Waals surface area contributed by atoms with Crippen LogP contribution >= 0.6 is 0 Å². The van der Waals surface area contributed by atoms with E-state index < -0.39 is 17.6 Å². The Morgan fingerprint density at radius 3 is 2.64 bits per heavy atom. The lowest BCUT2D eigenvalue weighted by Gasteiger charge is -2.14. The zero-order chi connectivity index (χ0) is 25.3. The average molecular weight is 496 g/mol. The molecule has 1 saturated heterocycles. The monoisotopic (exact) mass is 495 g/mol. The van der Waals surface area contributed by atoms with E-state index in [1.807, 2.05) is 0 Å². The van der Waals surface area contributed by atoms with Gasteiger partial charge < -0.3 is 20.0 Å². The quantitative estimate of drug-likeness (QED) is 0.456. The number of benzene rings is 2. The van der Waals surface area contributed by atoms with Gasteiger partial charge in [-0.05, 0) is 62.3 Å². The normalized spacial score (nSPS) is 16.9. The van der Waals surface area contributed by atoms with Crippen molar-refractivity contribution in [3.8, 4) is 11.3 Å². The van der Waals surface area contributed by atoms with E-state index in [-0.39, 0.29) is 22.7 Å². The Morgan fingerprint density at radius 1 is 1.08 bits per heavy atom. The van der Waals surface area contributed by atoms with E-state index in [2.05, 4.69) is 15.5 Å². The summed E-state index contributed by atoms with van der Waals surface area (Å²) < 4.78 is 45.8. The molecular weight excluding hydrogens is 471 g/mol. The fourth-order valence-electron chi connectivity index (χ4n) is 4.57. The minimum Gasteiger partial charge on any atom is -0.457 e. The maximum Gasteiger partial charge on any atom is 0.418 e. The summed E-state index contributed by atoms with van der Waals surface area (Å²) in [7, 11) is 0. The Kier molecular flexibility index (Phi) is 6.40. The van der Waals surface area contributed by atoms with Gasteiger partial charge in [0, 0.05) is 29.8 Å². The lowest BCUT2D eigenvalue weighted by molar-refractivity contribution is -0.136. The van der Waals surface area contributed by atoms with E-state index >= 15 is 0 Å². The van der Waals surface area contributed by atoms with E-state index in [4.69, 9.17) is 4.42 Å². The lowest BCUT2D eigenvalue weighted by atomic mass is 10.0. The molecule has 3 aromatic rings. The zero-order valence-corrected chi connectivity index (χ0v) is 19.3. The fraction of sp³-hybridized carbons (Fsp3) is 0.259. The molecule has 3 heterocycles. The Balaban J connectivity index is 1.33. The van der Waals surface area contributed by atoms with Crippen LogP contribution in [-0.4, -0.2) is 42.9 Å². The highest BCUT2D eigenvalue weighted by molar-refractivity contribution is 6.35. The summed E-state index contributed by atoms with van der Waals surface area (Å²) in [4.78, 5) is 27.4. The van der Waals surface area contributed by atoms with Gasteiger partial charge in [-0.25, -0.2) is 0 Å². The Labute approximate surface area is 205 Å². The molecule has 0 radical (unpaired) electrons. The van der Waals surface area contributed by atoms with Gasteiger partial charge in [-0.15, -0.1) is 0 Å². The summed E-state index contributed by atoms with van der Waals surface area (Å²) in [5.41, 5.74) is 0.267. The summed E-state index contributed by atoms with van der Waals surface area (Å²) in [5, 5.41) is 5.26. The SMILES string of the molecule is O=C1Nc2c(cccc2C(F)(F)F)/C1=C\c1ccc(-c2cccc(C(=O)NCCN3CCCC3)c2)o1. The van der Waals surface area contributed by atoms with E-state index in [1.165, 1.54) is 31.1 Å². The molecule has 0 aliphatic carbocycles. The number of fused-ring (bicyclic) bond motifs is 1. The minimum atomic E-state index is -4.59. The molecular formula is C27H24F3N3O3. The van der Waals surface area contributed by atoms with Crippen molar-refractivity contribution >= 4 is 29.2 Å². The third-order valence-corrected chi connectivity index (χ3v) is 6.38. The predicted octanol–water partition coefficient (Wildman–Crippen LogP) is 5.28. The molecule has 2 aromatic carbocycles. The first-order valence-corrected chi connectivity index (χ1v) is 11.7. The molecule has 36 heavy (non-hydrogen) atoms. The molecule has 0 unspecified atom stereocenters. The number of rotatable bonds is 6. The van der Waals surface area contributed by atoms with Crippen LogP contribution < -0.4 is 10.6 Å². The van der Waals surface area contributed by atoms with E-state index in [9.17, 15) is 22.8 Å². The Hall–Kier alpha value is -3.85. The molecule has 2 N–H and O–H groups in total. The van der Waals surface area contributed by atoms with Crippen LogP contribution in [-0.2, 0) is 11.0 Å². The number of carbonyl (C=O) groups excluding carboxylic acids is 2. The second-order valence-electron chi connectivity index (χ2n) is 8.83. The van der Waals surface area contributed by atoms with Crippen LogP contribution in [0.5, 0.6) is 0 Å². The number of likely N-dealkylation sites (tertiary alicyclic amines) is 1. The highest BCUT2D eigenvalue weighted by Gasteiger charge is 2.38. The number of amides is 2. The molecule has 1 fully saturated rings. The van der Waals surface area contributed by atoms with Gasteiger partial charge in [0.05, 0.1) is 16.8 Å². The number of nitrogens with zero attached hydrogens (tertiary/aromatic N) is 1. The Morgan fingerprint density at radius 2 is 1.86 bits per heavy atom. The summed E-state index contributed by atoms with van der Waals surface area (Å²) in [5.74, 6) is -0.0333. The first-order valence-electron chi connectivity index (χ1n) is 11.7. The number of hydrogen-bond donors (Lipinski definition) is 2. The molecule has 0 spiro atoms. The molecule has 0 bridgehead atoms. The molecule has 5 rings (SSSR count). The van der Waals surface area contributed by atoms with Gasteiger partial charge in [0.1, 0.15) is 11.5 Å². The van der Waals surface area contributed by atoms with Crippen LogP contribution in [0, 0.1) is 0 Å². The maximum atomic E-state index is 13.3. The molecule has 0 saturated carbocycles. The summed E-state index contributed by atoms with van der Waals surface area (Å²) in [6, 6.07) is 14.0. The van der Waals surface area contributed by atoms with Crippen molar-refractivity contribution in [2.45, 2.75) is 19.0 Å². The van der Waals surface area contributed by atoms with Crippen LogP contribution in [0.2, 0.25) is 0 Å². The molecule has 186 valence electrons.